The molecule has 2 aromatic carbocycles. The Hall–Kier alpha value is -2.29. The molecule has 1 amide bonds. The molecule has 0 aliphatic carbocycles. The zero-order chi connectivity index (χ0) is 16.6. The van der Waals surface area contributed by atoms with Crippen LogP contribution in [0.25, 0.3) is 10.2 Å². The lowest BCUT2D eigenvalue weighted by molar-refractivity contribution is 0.102. The average Bonchev–Trinajstić information content (AvgIpc) is 2.86. The van der Waals surface area contributed by atoms with Crippen molar-refractivity contribution in [3.8, 4) is 0 Å². The quantitative estimate of drug-likeness (QED) is 0.760. The molecule has 0 atom stereocenters. The van der Waals surface area contributed by atoms with E-state index in [0.29, 0.717) is 5.69 Å². The molecule has 0 radical (unpaired) electrons. The number of aromatic nitrogens is 1. The molecule has 3 N–H and O–H groups in total. The van der Waals surface area contributed by atoms with Crippen LogP contribution in [0.15, 0.2) is 47.4 Å². The van der Waals surface area contributed by atoms with Crippen LogP contribution in [0.3, 0.4) is 0 Å². The fourth-order valence-corrected chi connectivity index (χ4v) is 3.56. The first kappa shape index (κ1) is 15.6. The predicted octanol–water partition coefficient (Wildman–Crippen LogP) is 2.50. The number of amides is 1. The number of carbonyl (C=O) groups is 1. The number of nitrogens with two attached hydrogens (primary N) is 1. The summed E-state index contributed by atoms with van der Waals surface area (Å²) < 4.78 is 23.7. The first-order chi connectivity index (χ1) is 10.8. The molecule has 0 bridgehead atoms. The molecule has 8 heteroatoms. The number of anilines is 1. The zero-order valence-corrected chi connectivity index (χ0v) is 13.7. The maximum absolute atomic E-state index is 12.3. The van der Waals surface area contributed by atoms with Crippen LogP contribution in [0, 0.1) is 6.92 Å². The van der Waals surface area contributed by atoms with Crippen molar-refractivity contribution in [2.45, 2.75) is 11.8 Å². The van der Waals surface area contributed by atoms with E-state index in [2.05, 4.69) is 10.3 Å². The van der Waals surface area contributed by atoms with Crippen LogP contribution in [0.5, 0.6) is 0 Å². The summed E-state index contributed by atoms with van der Waals surface area (Å²) in [5.74, 6) is -0.406. The molecule has 0 saturated carbocycles. The summed E-state index contributed by atoms with van der Waals surface area (Å²) in [7, 11) is -3.84. The standard InChI is InChI=1S/C15H13N3O3S2/c1-9-17-13-6-5-11(8-14(13)22-9)18-15(19)10-3-2-4-12(7-10)23(16,20)21/h2-8H,1H3,(H,18,19)(H2,16,20,21). The van der Waals surface area contributed by atoms with Crippen molar-refractivity contribution in [2.24, 2.45) is 5.14 Å². The highest BCUT2D eigenvalue weighted by Gasteiger charge is 2.12. The first-order valence-corrected chi connectivity index (χ1v) is 9.00. The summed E-state index contributed by atoms with van der Waals surface area (Å²) in [6, 6.07) is 11.0. The monoisotopic (exact) mass is 347 g/mol. The van der Waals surface area contributed by atoms with Gasteiger partial charge in [0.05, 0.1) is 20.1 Å². The van der Waals surface area contributed by atoms with E-state index in [1.165, 1.54) is 35.6 Å². The number of primary sulfonamides is 1. The molecule has 118 valence electrons. The summed E-state index contributed by atoms with van der Waals surface area (Å²) >= 11 is 1.54. The number of hydrogen-bond donors (Lipinski definition) is 2. The first-order valence-electron chi connectivity index (χ1n) is 6.64. The van der Waals surface area contributed by atoms with E-state index >= 15 is 0 Å². The Bertz CT molecular complexity index is 1010. The lowest BCUT2D eigenvalue weighted by atomic mass is 10.2. The van der Waals surface area contributed by atoms with Gasteiger partial charge in [0.15, 0.2) is 0 Å². The summed E-state index contributed by atoms with van der Waals surface area (Å²) in [5, 5.41) is 8.77. The second-order valence-electron chi connectivity index (χ2n) is 4.94. The molecular weight excluding hydrogens is 334 g/mol. The second kappa shape index (κ2) is 5.73. The molecule has 3 aromatic rings. The van der Waals surface area contributed by atoms with Gasteiger partial charge < -0.3 is 5.32 Å². The van der Waals surface area contributed by atoms with Crippen LogP contribution in [0.2, 0.25) is 0 Å². The molecule has 0 saturated heterocycles. The molecule has 3 rings (SSSR count). The largest absolute Gasteiger partial charge is 0.322 e. The lowest BCUT2D eigenvalue weighted by Gasteiger charge is -2.06. The highest BCUT2D eigenvalue weighted by atomic mass is 32.2. The molecule has 1 heterocycles. The smallest absolute Gasteiger partial charge is 0.255 e. The molecule has 0 unspecified atom stereocenters. The van der Waals surface area contributed by atoms with E-state index < -0.39 is 15.9 Å². The average molecular weight is 347 g/mol. The fourth-order valence-electron chi connectivity index (χ4n) is 2.14. The van der Waals surface area contributed by atoms with Crippen LogP contribution in [0.1, 0.15) is 15.4 Å². The highest BCUT2D eigenvalue weighted by Crippen LogP contribution is 2.25. The van der Waals surface area contributed by atoms with E-state index in [0.717, 1.165) is 15.2 Å². The number of sulfonamides is 1. The minimum Gasteiger partial charge on any atom is -0.322 e. The number of thiazole rings is 1. The molecular formula is C15H13N3O3S2. The number of hydrogen-bond acceptors (Lipinski definition) is 5. The normalized spacial score (nSPS) is 11.6. The minimum absolute atomic E-state index is 0.0984. The Balaban J connectivity index is 1.88. The Labute approximate surface area is 137 Å². The maximum Gasteiger partial charge on any atom is 0.255 e. The van der Waals surface area contributed by atoms with Crippen molar-refractivity contribution in [1.82, 2.24) is 4.98 Å². The lowest BCUT2D eigenvalue weighted by Crippen LogP contribution is -2.15. The van der Waals surface area contributed by atoms with Gasteiger partial charge in [0, 0.05) is 11.3 Å². The third-order valence-electron chi connectivity index (χ3n) is 3.18. The highest BCUT2D eigenvalue weighted by molar-refractivity contribution is 7.89. The minimum atomic E-state index is -3.84. The van der Waals surface area contributed by atoms with Gasteiger partial charge in [-0.2, -0.15) is 0 Å². The number of fused-ring (bicyclic) bond motifs is 1. The summed E-state index contributed by atoms with van der Waals surface area (Å²) in [6.07, 6.45) is 0. The van der Waals surface area contributed by atoms with Gasteiger partial charge in [0.25, 0.3) is 5.91 Å². The molecule has 6 nitrogen and oxygen atoms in total. The van der Waals surface area contributed by atoms with Crippen molar-refractivity contribution in [2.75, 3.05) is 5.32 Å². The van der Waals surface area contributed by atoms with E-state index in [4.69, 9.17) is 5.14 Å². The van der Waals surface area contributed by atoms with Crippen LogP contribution >= 0.6 is 11.3 Å². The van der Waals surface area contributed by atoms with Crippen LogP contribution in [-0.4, -0.2) is 19.3 Å². The molecule has 0 spiro atoms. The topological polar surface area (TPSA) is 102 Å². The van der Waals surface area contributed by atoms with Gasteiger partial charge in [0.2, 0.25) is 10.0 Å². The second-order valence-corrected chi connectivity index (χ2v) is 7.74. The van der Waals surface area contributed by atoms with Crippen LogP contribution in [-0.2, 0) is 10.0 Å². The molecule has 0 aliphatic rings. The predicted molar refractivity (Wildman–Crippen MR) is 90.1 cm³/mol. The summed E-state index contributed by atoms with van der Waals surface area (Å²) in [4.78, 5) is 16.5. The third-order valence-corrected chi connectivity index (χ3v) is 5.02. The molecule has 1 aromatic heterocycles. The Morgan fingerprint density at radius 2 is 2.00 bits per heavy atom. The van der Waals surface area contributed by atoms with E-state index in [1.807, 2.05) is 19.1 Å². The van der Waals surface area contributed by atoms with Crippen LogP contribution < -0.4 is 10.5 Å². The Morgan fingerprint density at radius 3 is 2.74 bits per heavy atom. The maximum atomic E-state index is 12.3. The van der Waals surface area contributed by atoms with Gasteiger partial charge in [-0.15, -0.1) is 11.3 Å². The number of benzene rings is 2. The van der Waals surface area contributed by atoms with Crippen molar-refractivity contribution in [1.29, 1.82) is 0 Å². The van der Waals surface area contributed by atoms with E-state index in [-0.39, 0.29) is 10.5 Å². The summed E-state index contributed by atoms with van der Waals surface area (Å²) in [6.45, 7) is 1.92. The molecule has 23 heavy (non-hydrogen) atoms. The number of aryl methyl sites for hydroxylation is 1. The van der Waals surface area contributed by atoms with Crippen molar-refractivity contribution in [3.05, 3.63) is 53.0 Å². The van der Waals surface area contributed by atoms with Gasteiger partial charge in [0.1, 0.15) is 0 Å². The van der Waals surface area contributed by atoms with Crippen LogP contribution in [0.4, 0.5) is 5.69 Å². The fraction of sp³-hybridized carbons (Fsp3) is 0.0667. The zero-order valence-electron chi connectivity index (χ0n) is 12.1. The van der Waals surface area contributed by atoms with Gasteiger partial charge in [-0.3, -0.25) is 4.79 Å². The summed E-state index contributed by atoms with van der Waals surface area (Å²) in [5.41, 5.74) is 1.71. The number of rotatable bonds is 3. The van der Waals surface area contributed by atoms with Gasteiger partial charge in [-0.25, -0.2) is 18.5 Å². The molecule has 0 aliphatic heterocycles. The van der Waals surface area contributed by atoms with Gasteiger partial charge in [-0.1, -0.05) is 6.07 Å². The Kier molecular flexibility index (Phi) is 3.88. The Morgan fingerprint density at radius 1 is 1.22 bits per heavy atom. The SMILES string of the molecule is Cc1nc2ccc(NC(=O)c3cccc(S(N)(=O)=O)c3)cc2s1. The third kappa shape index (κ3) is 3.39. The van der Waals surface area contributed by atoms with Crippen molar-refractivity contribution in [3.63, 3.8) is 0 Å². The van der Waals surface area contributed by atoms with Crippen molar-refractivity contribution >= 4 is 43.2 Å². The van der Waals surface area contributed by atoms with E-state index in [9.17, 15) is 13.2 Å². The van der Waals surface area contributed by atoms with Gasteiger partial charge in [-0.05, 0) is 43.3 Å². The van der Waals surface area contributed by atoms with Crippen molar-refractivity contribution < 1.29 is 13.2 Å². The number of carbonyl (C=O) groups excluding carboxylic acids is 1. The molecule has 0 fully saturated rings. The van der Waals surface area contributed by atoms with E-state index in [1.54, 1.807) is 6.07 Å². The van der Waals surface area contributed by atoms with Gasteiger partial charge >= 0.3 is 0 Å². The number of nitrogens with zero attached hydrogens (tertiary/aromatic N) is 1. The number of nitrogens with one attached hydrogen (secondary N) is 1.